The maximum absolute atomic E-state index is 3.42. The lowest BCUT2D eigenvalue weighted by molar-refractivity contribution is 0.0208. The molecule has 68 valence electrons. The molecule has 3 rings (SSSR count). The summed E-state index contributed by atoms with van der Waals surface area (Å²) in [6, 6.07) is 0. The molecule has 0 aromatic carbocycles. The van der Waals surface area contributed by atoms with Crippen molar-refractivity contribution in [1.29, 1.82) is 0 Å². The summed E-state index contributed by atoms with van der Waals surface area (Å²) in [5, 5.41) is 8.05. The van der Waals surface area contributed by atoms with Gasteiger partial charge >= 0.3 is 0 Å². The van der Waals surface area contributed by atoms with Gasteiger partial charge in [0.2, 0.25) is 0 Å². The van der Waals surface area contributed by atoms with E-state index in [0.29, 0.717) is 6.17 Å². The summed E-state index contributed by atoms with van der Waals surface area (Å²) in [6.45, 7) is 1.16. The van der Waals surface area contributed by atoms with Crippen molar-refractivity contribution in [3.05, 3.63) is 36.3 Å². The first kappa shape index (κ1) is 7.21. The van der Waals surface area contributed by atoms with Gasteiger partial charge in [-0.25, -0.2) is 0 Å². The number of nitrogens with one attached hydrogen (secondary N) is 1. The molecular formula is C10H13N3. The van der Waals surface area contributed by atoms with E-state index in [9.17, 15) is 0 Å². The third-order valence-corrected chi connectivity index (χ3v) is 2.79. The lowest BCUT2D eigenvalue weighted by Crippen LogP contribution is -2.51. The van der Waals surface area contributed by atoms with Gasteiger partial charge in [-0.15, -0.1) is 0 Å². The third-order valence-electron chi connectivity index (χ3n) is 2.79. The Morgan fingerprint density at radius 3 is 3.38 bits per heavy atom. The molecule has 3 heterocycles. The zero-order valence-corrected chi connectivity index (χ0v) is 7.48. The first-order valence-electron chi connectivity index (χ1n) is 4.82. The topological polar surface area (TPSA) is 18.5 Å². The van der Waals surface area contributed by atoms with Gasteiger partial charge in [-0.2, -0.15) is 5.01 Å². The smallest absolute Gasteiger partial charge is 0.0971 e. The van der Waals surface area contributed by atoms with Crippen molar-refractivity contribution >= 4 is 0 Å². The van der Waals surface area contributed by atoms with E-state index in [1.165, 1.54) is 18.5 Å². The van der Waals surface area contributed by atoms with Crippen LogP contribution in [0.4, 0.5) is 0 Å². The van der Waals surface area contributed by atoms with Crippen LogP contribution in [0.15, 0.2) is 36.3 Å². The molecule has 3 aliphatic heterocycles. The van der Waals surface area contributed by atoms with Gasteiger partial charge < -0.3 is 5.32 Å². The maximum Gasteiger partial charge on any atom is 0.0971 e. The molecular weight excluding hydrogens is 162 g/mol. The number of allylic oxidation sites excluding steroid dienone is 3. The van der Waals surface area contributed by atoms with Crippen molar-refractivity contribution in [2.45, 2.75) is 19.0 Å². The van der Waals surface area contributed by atoms with Crippen LogP contribution in [0.2, 0.25) is 0 Å². The standard InChI is InChI=1S/C10H13N3/c1-2-6-12-9(4-1)8-11-10-5-3-7-13(10)12/h1-2,4,6,8,10-11H,3,5,7H2. The molecule has 13 heavy (non-hydrogen) atoms. The van der Waals surface area contributed by atoms with E-state index >= 15 is 0 Å². The second-order valence-electron chi connectivity index (χ2n) is 3.60. The Morgan fingerprint density at radius 1 is 1.38 bits per heavy atom. The van der Waals surface area contributed by atoms with Gasteiger partial charge in [-0.1, -0.05) is 6.08 Å². The lowest BCUT2D eigenvalue weighted by Gasteiger charge is -2.40. The first-order valence-corrected chi connectivity index (χ1v) is 4.82. The van der Waals surface area contributed by atoms with E-state index in [1.807, 2.05) is 0 Å². The largest absolute Gasteiger partial charge is 0.372 e. The molecule has 1 unspecified atom stereocenters. The predicted octanol–water partition coefficient (Wildman–Crippen LogP) is 1.15. The second-order valence-corrected chi connectivity index (χ2v) is 3.60. The van der Waals surface area contributed by atoms with Crippen LogP contribution < -0.4 is 5.32 Å². The van der Waals surface area contributed by atoms with E-state index in [0.717, 1.165) is 6.54 Å². The molecule has 1 saturated heterocycles. The first-order chi connectivity index (χ1) is 6.45. The quantitative estimate of drug-likeness (QED) is 0.596. The van der Waals surface area contributed by atoms with Gasteiger partial charge in [0.05, 0.1) is 11.9 Å². The Morgan fingerprint density at radius 2 is 2.38 bits per heavy atom. The summed E-state index contributed by atoms with van der Waals surface area (Å²) in [4.78, 5) is 0. The zero-order valence-electron chi connectivity index (χ0n) is 7.48. The zero-order chi connectivity index (χ0) is 8.67. The molecule has 0 aliphatic carbocycles. The van der Waals surface area contributed by atoms with Crippen molar-refractivity contribution in [2.24, 2.45) is 0 Å². The number of fused-ring (bicyclic) bond motifs is 3. The van der Waals surface area contributed by atoms with Crippen LogP contribution in [-0.2, 0) is 0 Å². The fourth-order valence-electron chi connectivity index (χ4n) is 2.16. The van der Waals surface area contributed by atoms with E-state index in [-0.39, 0.29) is 0 Å². The monoisotopic (exact) mass is 175 g/mol. The molecule has 0 aromatic rings. The number of hydrogen-bond donors (Lipinski definition) is 1. The van der Waals surface area contributed by atoms with Crippen LogP contribution in [-0.4, -0.2) is 22.7 Å². The minimum Gasteiger partial charge on any atom is -0.372 e. The lowest BCUT2D eigenvalue weighted by atomic mass is 10.3. The summed E-state index contributed by atoms with van der Waals surface area (Å²) in [7, 11) is 0. The fourth-order valence-corrected chi connectivity index (χ4v) is 2.16. The normalized spacial score (nSPS) is 30.9. The summed E-state index contributed by atoms with van der Waals surface area (Å²) >= 11 is 0. The van der Waals surface area contributed by atoms with Gasteiger partial charge in [0.25, 0.3) is 0 Å². The summed E-state index contributed by atoms with van der Waals surface area (Å²) < 4.78 is 0. The molecule has 1 N–H and O–H groups in total. The van der Waals surface area contributed by atoms with Gasteiger partial charge in [-0.05, 0) is 25.0 Å². The van der Waals surface area contributed by atoms with Crippen LogP contribution in [0.1, 0.15) is 12.8 Å². The van der Waals surface area contributed by atoms with Gasteiger partial charge in [0.15, 0.2) is 0 Å². The Kier molecular flexibility index (Phi) is 1.46. The van der Waals surface area contributed by atoms with Gasteiger partial charge in [0.1, 0.15) is 0 Å². The number of hydrazine groups is 1. The Labute approximate surface area is 78.0 Å². The van der Waals surface area contributed by atoms with Crippen LogP contribution in [0.25, 0.3) is 0 Å². The summed E-state index contributed by atoms with van der Waals surface area (Å²) in [5.41, 5.74) is 1.24. The van der Waals surface area contributed by atoms with Gasteiger partial charge in [0, 0.05) is 18.9 Å². The Bertz CT molecular complexity index is 303. The van der Waals surface area contributed by atoms with E-state index in [1.54, 1.807) is 0 Å². The van der Waals surface area contributed by atoms with E-state index < -0.39 is 0 Å². The fraction of sp³-hybridized carbons (Fsp3) is 0.400. The molecule has 3 aliphatic rings. The predicted molar refractivity (Wildman–Crippen MR) is 51.1 cm³/mol. The molecule has 0 radical (unpaired) electrons. The van der Waals surface area contributed by atoms with Crippen LogP contribution in [0, 0.1) is 0 Å². The highest BCUT2D eigenvalue weighted by Crippen LogP contribution is 2.26. The molecule has 1 fully saturated rings. The minimum absolute atomic E-state index is 0.514. The molecule has 0 bridgehead atoms. The molecule has 0 amide bonds. The molecule has 0 saturated carbocycles. The highest BCUT2D eigenvalue weighted by atomic mass is 15.7. The third kappa shape index (κ3) is 1.00. The highest BCUT2D eigenvalue weighted by Gasteiger charge is 2.31. The minimum atomic E-state index is 0.514. The number of hydrogen-bond acceptors (Lipinski definition) is 3. The van der Waals surface area contributed by atoms with Crippen LogP contribution in [0.3, 0.4) is 0 Å². The van der Waals surface area contributed by atoms with Crippen LogP contribution in [0.5, 0.6) is 0 Å². The summed E-state index contributed by atoms with van der Waals surface area (Å²) in [5.74, 6) is 0. The Balaban J connectivity index is 1.96. The molecule has 3 nitrogen and oxygen atoms in total. The SMILES string of the molecule is C1=CC2=CNC3CCCN3N2C=C1. The Hall–Kier alpha value is -1.22. The average molecular weight is 175 g/mol. The van der Waals surface area contributed by atoms with E-state index in [4.69, 9.17) is 0 Å². The second kappa shape index (κ2) is 2.64. The van der Waals surface area contributed by atoms with Crippen LogP contribution >= 0.6 is 0 Å². The van der Waals surface area contributed by atoms with Crippen molar-refractivity contribution in [1.82, 2.24) is 15.3 Å². The average Bonchev–Trinajstić information content (AvgIpc) is 2.65. The van der Waals surface area contributed by atoms with Crippen molar-refractivity contribution < 1.29 is 0 Å². The number of rotatable bonds is 0. The molecule has 1 atom stereocenters. The van der Waals surface area contributed by atoms with E-state index in [2.05, 4.69) is 46.0 Å². The molecule has 3 heteroatoms. The number of nitrogens with zero attached hydrogens (tertiary/aromatic N) is 2. The highest BCUT2D eigenvalue weighted by molar-refractivity contribution is 5.28. The van der Waals surface area contributed by atoms with Crippen molar-refractivity contribution in [3.8, 4) is 0 Å². The molecule has 0 aromatic heterocycles. The van der Waals surface area contributed by atoms with Crippen molar-refractivity contribution in [2.75, 3.05) is 6.54 Å². The van der Waals surface area contributed by atoms with Gasteiger partial charge in [-0.3, -0.25) is 5.01 Å². The molecule has 0 spiro atoms. The maximum atomic E-state index is 3.42. The van der Waals surface area contributed by atoms with Crippen molar-refractivity contribution in [3.63, 3.8) is 0 Å². The summed E-state index contributed by atoms with van der Waals surface area (Å²) in [6.07, 6.45) is 13.6.